The van der Waals surface area contributed by atoms with E-state index < -0.39 is 41.6 Å². The van der Waals surface area contributed by atoms with Crippen molar-refractivity contribution in [3.63, 3.8) is 0 Å². The molecule has 1 aromatic heterocycles. The van der Waals surface area contributed by atoms with E-state index in [1.165, 1.54) is 12.5 Å². The quantitative estimate of drug-likeness (QED) is 0.189. The van der Waals surface area contributed by atoms with Gasteiger partial charge in [-0.15, -0.1) is 11.3 Å². The number of carbonyl (C=O) groups is 4. The Kier molecular flexibility index (Phi) is 6.85. The molecule has 3 heterocycles. The van der Waals surface area contributed by atoms with Crippen LogP contribution in [0.25, 0.3) is 0 Å². The van der Waals surface area contributed by atoms with Crippen LogP contribution in [0, 0.1) is 0 Å². The summed E-state index contributed by atoms with van der Waals surface area (Å²) in [6, 6.07) is 0. The minimum Gasteiger partial charge on any atom is -0.544 e. The second-order valence-corrected chi connectivity index (χ2v) is 6.69. The number of nitrogens with zero attached hydrogens (tertiary/aromatic N) is 3. The molecule has 13 nitrogen and oxygen atoms in total. The van der Waals surface area contributed by atoms with Gasteiger partial charge in [0.05, 0.1) is 12.1 Å². The van der Waals surface area contributed by atoms with Crippen molar-refractivity contribution in [2.24, 2.45) is 5.16 Å². The fourth-order valence-electron chi connectivity index (χ4n) is 2.82. The van der Waals surface area contributed by atoms with Crippen molar-refractivity contribution in [1.82, 2.24) is 15.4 Å². The molecule has 1 unspecified atom stereocenters. The number of hydrogen-bond donors (Lipinski definition) is 2. The normalized spacial score (nSPS) is 26.3. The minimum absolute atomic E-state index is 0. The van der Waals surface area contributed by atoms with Crippen LogP contribution in [0.3, 0.4) is 0 Å². The summed E-state index contributed by atoms with van der Waals surface area (Å²) < 4.78 is 4.85. The molecule has 1 aromatic rings. The molecule has 2 aliphatic rings. The summed E-state index contributed by atoms with van der Waals surface area (Å²) in [5, 5.41) is 19.3. The molecule has 0 spiro atoms. The first-order valence-electron chi connectivity index (χ1n) is 7.76. The van der Waals surface area contributed by atoms with Crippen LogP contribution in [0.5, 0.6) is 0 Å². The molecular formula is C14H14N5NaO8S. The van der Waals surface area contributed by atoms with Gasteiger partial charge in [0.25, 0.3) is 17.5 Å². The number of nitrogens with two attached hydrogens (primary N) is 1. The van der Waals surface area contributed by atoms with Gasteiger partial charge in [-0.05, 0) is 0 Å². The van der Waals surface area contributed by atoms with E-state index in [1.807, 2.05) is 0 Å². The second-order valence-electron chi connectivity index (χ2n) is 5.80. The molecule has 150 valence electrons. The number of rotatable bonds is 6. The number of hydroxylamine groups is 2. The van der Waals surface area contributed by atoms with E-state index in [1.54, 1.807) is 0 Å². The van der Waals surface area contributed by atoms with Gasteiger partial charge in [0.2, 0.25) is 0 Å². The number of hydrogen-bond acceptors (Lipinski definition) is 12. The third kappa shape index (κ3) is 3.93. The zero-order valence-corrected chi connectivity index (χ0v) is 18.2. The molecule has 3 N–H and O–H groups in total. The number of esters is 1. The Labute approximate surface area is 189 Å². The predicted molar refractivity (Wildman–Crippen MR) is 87.7 cm³/mol. The van der Waals surface area contributed by atoms with Gasteiger partial charge in [-0.25, -0.2) is 4.98 Å². The molecule has 0 bridgehead atoms. The molecular weight excluding hydrogens is 421 g/mol. The summed E-state index contributed by atoms with van der Waals surface area (Å²) in [5.74, 6) is -4.56. The first kappa shape index (κ1) is 23.0. The van der Waals surface area contributed by atoms with Gasteiger partial charge in [-0.1, -0.05) is 5.16 Å². The molecule has 2 saturated heterocycles. The van der Waals surface area contributed by atoms with Crippen LogP contribution in [0.15, 0.2) is 10.5 Å². The number of amides is 2. The van der Waals surface area contributed by atoms with Crippen molar-refractivity contribution in [2.75, 3.05) is 19.5 Å². The van der Waals surface area contributed by atoms with E-state index in [4.69, 9.17) is 15.3 Å². The summed E-state index contributed by atoms with van der Waals surface area (Å²) in [6.07, 6.45) is 0.121. The number of carboxylic acid groups (broad SMARTS) is 1. The van der Waals surface area contributed by atoms with E-state index in [-0.39, 0.29) is 53.2 Å². The first-order valence-corrected chi connectivity index (χ1v) is 8.64. The minimum atomic E-state index is -2.46. The number of carbonyl (C=O) groups excluding carboxylic acids is 4. The average molecular weight is 435 g/mol. The van der Waals surface area contributed by atoms with Gasteiger partial charge in [0.15, 0.2) is 10.7 Å². The number of nitrogens with one attached hydrogen (secondary N) is 1. The van der Waals surface area contributed by atoms with E-state index in [0.29, 0.717) is 5.06 Å². The maximum Gasteiger partial charge on any atom is 1.00 e. The number of cyclic esters (lactones) is 1. The van der Waals surface area contributed by atoms with Gasteiger partial charge in [0, 0.05) is 11.8 Å². The van der Waals surface area contributed by atoms with Crippen LogP contribution >= 0.6 is 11.3 Å². The number of carboxylic acids is 1. The third-order valence-corrected chi connectivity index (χ3v) is 4.80. The maximum absolute atomic E-state index is 13.2. The molecule has 15 heteroatoms. The van der Waals surface area contributed by atoms with Crippen LogP contribution in [-0.2, 0) is 39.1 Å². The van der Waals surface area contributed by atoms with Crippen molar-refractivity contribution >= 4 is 46.4 Å². The number of ether oxygens (including phenoxy) is 1. The zero-order valence-electron chi connectivity index (χ0n) is 15.4. The molecule has 2 fully saturated rings. The molecule has 0 aromatic carbocycles. The average Bonchev–Trinajstić information content (AvgIpc) is 3.33. The van der Waals surface area contributed by atoms with Crippen LogP contribution in [-0.4, -0.2) is 59.5 Å². The standard InChI is InChI=1S/C14H15N5O8S.Na/c1-25-16-4-8(20)18-13(7-5-28-12(15)17-7)6-26-19(10(13)22)14(11(23)24)3-2-9(21)27-14;/h4-5H,2-3,6H2,1H3,(H2,15,17)(H,18,20)(H,23,24);/q;+1/p-1/t13-,14?;/m0./s1. The molecule has 3 rings (SSSR count). The fourth-order valence-corrected chi connectivity index (χ4v) is 3.46. The summed E-state index contributed by atoms with van der Waals surface area (Å²) in [5.41, 5.74) is 1.25. The molecule has 2 aliphatic heterocycles. The SMILES string of the molecule is CON=CC(=O)N[C@]1(c2csc(N)n2)CON(C2(C(=O)[O-])CCC(=O)O2)C1=O.[Na+]. The van der Waals surface area contributed by atoms with Gasteiger partial charge < -0.3 is 30.5 Å². The van der Waals surface area contributed by atoms with E-state index in [2.05, 4.69) is 20.3 Å². The van der Waals surface area contributed by atoms with E-state index >= 15 is 0 Å². The molecule has 2 atom stereocenters. The summed E-state index contributed by atoms with van der Waals surface area (Å²) in [4.78, 5) is 62.2. The van der Waals surface area contributed by atoms with Crippen molar-refractivity contribution in [3.05, 3.63) is 11.1 Å². The van der Waals surface area contributed by atoms with Gasteiger partial charge >= 0.3 is 35.5 Å². The van der Waals surface area contributed by atoms with E-state index in [0.717, 1.165) is 17.6 Å². The topological polar surface area (TPSA) is 186 Å². The Hall–Kier alpha value is -2.26. The predicted octanol–water partition coefficient (Wildman–Crippen LogP) is -5.77. The van der Waals surface area contributed by atoms with Gasteiger partial charge in [-0.2, -0.15) is 5.06 Å². The van der Waals surface area contributed by atoms with Crippen molar-refractivity contribution in [3.8, 4) is 0 Å². The summed E-state index contributed by atoms with van der Waals surface area (Å²) >= 11 is 0.993. The smallest absolute Gasteiger partial charge is 0.544 e. The fraction of sp³-hybridized carbons (Fsp3) is 0.429. The Morgan fingerprint density at radius 3 is 2.76 bits per heavy atom. The molecule has 0 radical (unpaired) electrons. The van der Waals surface area contributed by atoms with Crippen molar-refractivity contribution < 1.29 is 68.3 Å². The number of aromatic nitrogens is 1. The molecule has 0 aliphatic carbocycles. The molecule has 2 amide bonds. The van der Waals surface area contributed by atoms with E-state index in [9.17, 15) is 24.3 Å². The second kappa shape index (κ2) is 8.62. The number of oxime groups is 1. The largest absolute Gasteiger partial charge is 1.00 e. The van der Waals surface area contributed by atoms with Crippen LogP contribution in [0.1, 0.15) is 18.5 Å². The van der Waals surface area contributed by atoms with Gasteiger partial charge in [-0.3, -0.25) is 19.2 Å². The summed E-state index contributed by atoms with van der Waals surface area (Å²) in [7, 11) is 1.21. The first-order chi connectivity index (χ1) is 13.2. The van der Waals surface area contributed by atoms with Crippen molar-refractivity contribution in [1.29, 1.82) is 0 Å². The Balaban J connectivity index is 0.00000300. The Morgan fingerprint density at radius 1 is 1.52 bits per heavy atom. The van der Waals surface area contributed by atoms with Crippen molar-refractivity contribution in [2.45, 2.75) is 24.1 Å². The Bertz CT molecular complexity index is 878. The summed E-state index contributed by atoms with van der Waals surface area (Å²) in [6.45, 7) is -0.534. The number of nitrogen functional groups attached to an aromatic ring is 1. The number of thiazole rings is 1. The monoisotopic (exact) mass is 435 g/mol. The molecule has 0 saturated carbocycles. The molecule has 29 heavy (non-hydrogen) atoms. The Morgan fingerprint density at radius 2 is 2.24 bits per heavy atom. The number of anilines is 1. The van der Waals surface area contributed by atoms with Crippen LogP contribution < -0.4 is 45.7 Å². The van der Waals surface area contributed by atoms with Crippen LogP contribution in [0.4, 0.5) is 5.13 Å². The van der Waals surface area contributed by atoms with Crippen LogP contribution in [0.2, 0.25) is 0 Å². The number of aliphatic carboxylic acids is 1. The maximum atomic E-state index is 13.2. The van der Waals surface area contributed by atoms with Gasteiger partial charge in [0.1, 0.15) is 25.9 Å². The third-order valence-electron chi connectivity index (χ3n) is 4.13. The zero-order chi connectivity index (χ0) is 20.5.